The first-order valence-electron chi connectivity index (χ1n) is 8.86. The summed E-state index contributed by atoms with van der Waals surface area (Å²) in [6.45, 7) is -0.357. The molecule has 2 aromatic rings. The van der Waals surface area contributed by atoms with Gasteiger partial charge in [-0.1, -0.05) is 17.7 Å². The van der Waals surface area contributed by atoms with Crippen LogP contribution in [0.5, 0.6) is 0 Å². The number of methoxy groups -OCH3 is 1. The lowest BCUT2D eigenvalue weighted by Crippen LogP contribution is -2.36. The molecular formula is C20H18ClF2N3O4. The summed E-state index contributed by atoms with van der Waals surface area (Å²) in [5.41, 5.74) is 0.526. The maximum atomic E-state index is 14.4. The second kappa shape index (κ2) is 9.75. The van der Waals surface area contributed by atoms with Crippen molar-refractivity contribution in [3.8, 4) is 0 Å². The average Bonchev–Trinajstić information content (AvgIpc) is 2.73. The highest BCUT2D eigenvalue weighted by Gasteiger charge is 2.34. The highest BCUT2D eigenvalue weighted by molar-refractivity contribution is 6.31. The summed E-state index contributed by atoms with van der Waals surface area (Å²) in [4.78, 5) is 21.0. The van der Waals surface area contributed by atoms with Gasteiger partial charge in [0.2, 0.25) is 0 Å². The molecule has 0 saturated heterocycles. The number of pyridine rings is 1. The first-order chi connectivity index (χ1) is 14.5. The molecule has 0 saturated carbocycles. The molecule has 1 atom stereocenters. The van der Waals surface area contributed by atoms with Gasteiger partial charge >= 0.3 is 5.97 Å². The molecule has 0 aliphatic carbocycles. The Morgan fingerprint density at radius 3 is 2.80 bits per heavy atom. The van der Waals surface area contributed by atoms with Crippen LogP contribution in [-0.4, -0.2) is 48.8 Å². The van der Waals surface area contributed by atoms with Gasteiger partial charge in [0, 0.05) is 16.8 Å². The summed E-state index contributed by atoms with van der Waals surface area (Å²) < 4.78 is 38.2. The molecule has 1 unspecified atom stereocenters. The van der Waals surface area contributed by atoms with Crippen LogP contribution in [0.15, 0.2) is 52.8 Å². The number of aromatic nitrogens is 1. The van der Waals surface area contributed by atoms with Crippen LogP contribution in [0.4, 0.5) is 8.78 Å². The maximum absolute atomic E-state index is 14.4. The molecule has 0 bridgehead atoms. The lowest BCUT2D eigenvalue weighted by Gasteiger charge is -2.27. The minimum absolute atomic E-state index is 0.00598. The Labute approximate surface area is 176 Å². The Kier molecular flexibility index (Phi) is 7.09. The third-order valence-corrected chi connectivity index (χ3v) is 4.58. The number of rotatable bonds is 7. The lowest BCUT2D eigenvalue weighted by molar-refractivity contribution is -0.136. The number of halogens is 3. The molecule has 30 heavy (non-hydrogen) atoms. The molecule has 0 spiro atoms. The number of carbonyl (C=O) groups is 1. The number of esters is 1. The van der Waals surface area contributed by atoms with Crippen LogP contribution in [0.3, 0.4) is 0 Å². The van der Waals surface area contributed by atoms with Crippen LogP contribution in [-0.2, 0) is 14.3 Å². The van der Waals surface area contributed by atoms with Gasteiger partial charge in [0.25, 0.3) is 0 Å². The second-order valence-electron chi connectivity index (χ2n) is 6.16. The summed E-state index contributed by atoms with van der Waals surface area (Å²) in [6.07, 6.45) is 1.39. The molecule has 10 heteroatoms. The second-order valence-corrected chi connectivity index (χ2v) is 6.57. The van der Waals surface area contributed by atoms with Crippen LogP contribution in [0.2, 0.25) is 5.02 Å². The number of nitrogens with one attached hydrogen (secondary N) is 1. The number of nitrogens with zero attached hydrogens (tertiary/aromatic N) is 2. The smallest absolute Gasteiger partial charge is 0.338 e. The number of ether oxygens (including phenoxy) is 2. The monoisotopic (exact) mass is 437 g/mol. The van der Waals surface area contributed by atoms with E-state index in [9.17, 15) is 13.6 Å². The number of amidine groups is 1. The zero-order valence-electron chi connectivity index (χ0n) is 15.9. The molecule has 0 amide bonds. The minimum atomic E-state index is -1.03. The van der Waals surface area contributed by atoms with E-state index in [1.165, 1.54) is 37.6 Å². The van der Waals surface area contributed by atoms with E-state index in [0.717, 1.165) is 6.07 Å². The van der Waals surface area contributed by atoms with Crippen molar-refractivity contribution in [1.82, 2.24) is 10.3 Å². The summed E-state index contributed by atoms with van der Waals surface area (Å²) in [6, 6.07) is 5.27. The third kappa shape index (κ3) is 4.64. The fraction of sp³-hybridized carbons (Fsp3) is 0.250. The van der Waals surface area contributed by atoms with Crippen LogP contribution in [0.25, 0.3) is 0 Å². The molecule has 0 radical (unpaired) electrons. The largest absolute Gasteiger partial charge is 0.466 e. The van der Waals surface area contributed by atoms with Crippen molar-refractivity contribution in [3.63, 3.8) is 0 Å². The maximum Gasteiger partial charge on any atom is 0.338 e. The molecule has 1 aliphatic rings. The molecule has 158 valence electrons. The fourth-order valence-electron chi connectivity index (χ4n) is 2.93. The van der Waals surface area contributed by atoms with Gasteiger partial charge in [-0.25, -0.2) is 18.6 Å². The van der Waals surface area contributed by atoms with Gasteiger partial charge in [-0.05, 0) is 24.3 Å². The molecule has 2 heterocycles. The number of aliphatic hydroxyl groups excluding tert-OH is 1. The Morgan fingerprint density at radius 1 is 1.33 bits per heavy atom. The number of benzene rings is 1. The topological polar surface area (TPSA) is 93.0 Å². The minimum Gasteiger partial charge on any atom is -0.466 e. The van der Waals surface area contributed by atoms with Gasteiger partial charge < -0.3 is 19.9 Å². The first kappa shape index (κ1) is 21.8. The molecule has 0 fully saturated rings. The summed E-state index contributed by atoms with van der Waals surface area (Å²) in [5.74, 6) is -1.88. The van der Waals surface area contributed by atoms with Crippen LogP contribution >= 0.6 is 11.6 Å². The van der Waals surface area contributed by atoms with E-state index in [0.29, 0.717) is 5.56 Å². The van der Waals surface area contributed by atoms with Crippen molar-refractivity contribution in [2.24, 2.45) is 4.99 Å². The number of aliphatic imine (C=N–C) groups is 1. The van der Waals surface area contributed by atoms with Gasteiger partial charge in [0.15, 0.2) is 11.7 Å². The zero-order chi connectivity index (χ0) is 21.7. The molecule has 2 N–H and O–H groups in total. The van der Waals surface area contributed by atoms with Crippen LogP contribution in [0, 0.1) is 11.6 Å². The van der Waals surface area contributed by atoms with Gasteiger partial charge in [-0.2, -0.15) is 0 Å². The van der Waals surface area contributed by atoms with Crippen molar-refractivity contribution in [2.45, 2.75) is 6.04 Å². The van der Waals surface area contributed by atoms with E-state index < -0.39 is 23.6 Å². The van der Waals surface area contributed by atoms with E-state index in [-0.39, 0.29) is 47.6 Å². The number of aliphatic hydroxyl groups is 1. The SMILES string of the molecule is COC(=O)C1=C(COCCO)NC(c2ncccc2F)=NC1c1ccc(F)cc1Cl. The predicted octanol–water partition coefficient (Wildman–Crippen LogP) is 2.54. The van der Waals surface area contributed by atoms with Crippen molar-refractivity contribution >= 4 is 23.4 Å². The van der Waals surface area contributed by atoms with Crippen molar-refractivity contribution in [3.05, 3.63) is 75.7 Å². The lowest BCUT2D eigenvalue weighted by atomic mass is 9.95. The summed E-state index contributed by atoms with van der Waals surface area (Å²) in [5, 5.41) is 11.9. The molecule has 1 aromatic carbocycles. The Balaban J connectivity index is 2.16. The van der Waals surface area contributed by atoms with Crippen molar-refractivity contribution in [2.75, 3.05) is 26.9 Å². The molecule has 1 aliphatic heterocycles. The molecular weight excluding hydrogens is 420 g/mol. The van der Waals surface area contributed by atoms with E-state index in [1.54, 1.807) is 0 Å². The van der Waals surface area contributed by atoms with Gasteiger partial charge in [0.1, 0.15) is 17.6 Å². The van der Waals surface area contributed by atoms with Gasteiger partial charge in [-0.15, -0.1) is 0 Å². The third-order valence-electron chi connectivity index (χ3n) is 4.25. The average molecular weight is 438 g/mol. The van der Waals surface area contributed by atoms with Gasteiger partial charge in [0.05, 0.1) is 38.2 Å². The van der Waals surface area contributed by atoms with E-state index in [2.05, 4.69) is 15.3 Å². The molecule has 3 rings (SSSR count). The Hall–Kier alpha value is -2.88. The number of carbonyl (C=O) groups excluding carboxylic acids is 1. The summed E-state index contributed by atoms with van der Waals surface area (Å²) in [7, 11) is 1.20. The predicted molar refractivity (Wildman–Crippen MR) is 105 cm³/mol. The number of hydrogen-bond donors (Lipinski definition) is 2. The van der Waals surface area contributed by atoms with E-state index in [4.69, 9.17) is 26.2 Å². The van der Waals surface area contributed by atoms with Crippen molar-refractivity contribution < 1.29 is 28.2 Å². The van der Waals surface area contributed by atoms with Crippen LogP contribution < -0.4 is 5.32 Å². The normalized spacial score (nSPS) is 16.2. The number of hydrogen-bond acceptors (Lipinski definition) is 7. The zero-order valence-corrected chi connectivity index (χ0v) is 16.6. The van der Waals surface area contributed by atoms with Crippen LogP contribution in [0.1, 0.15) is 17.3 Å². The standard InChI is InChI=1S/C20H18ClF2N3O4/c1-29-20(28)16-15(10-30-8-7-27)25-19(18-14(23)3-2-6-24-18)26-17(16)12-5-4-11(22)9-13(12)21/h2-6,9,17,27H,7-8,10H2,1H3,(H,25,26). The Bertz CT molecular complexity index is 1010. The van der Waals surface area contributed by atoms with E-state index >= 15 is 0 Å². The Morgan fingerprint density at radius 2 is 2.13 bits per heavy atom. The molecule has 7 nitrogen and oxygen atoms in total. The quantitative estimate of drug-likeness (QED) is 0.511. The first-order valence-corrected chi connectivity index (χ1v) is 9.24. The molecule has 1 aromatic heterocycles. The van der Waals surface area contributed by atoms with Crippen molar-refractivity contribution in [1.29, 1.82) is 0 Å². The summed E-state index contributed by atoms with van der Waals surface area (Å²) >= 11 is 6.22. The highest BCUT2D eigenvalue weighted by atomic mass is 35.5. The van der Waals surface area contributed by atoms with E-state index in [1.807, 2.05) is 0 Å². The van der Waals surface area contributed by atoms with Gasteiger partial charge in [-0.3, -0.25) is 4.99 Å². The highest BCUT2D eigenvalue weighted by Crippen LogP contribution is 2.36. The fourth-order valence-corrected chi connectivity index (χ4v) is 3.20.